The highest BCUT2D eigenvalue weighted by Gasteiger charge is 2.28. The van der Waals surface area contributed by atoms with Crippen LogP contribution < -0.4 is 5.32 Å². The molecule has 8 heteroatoms. The van der Waals surface area contributed by atoms with Gasteiger partial charge in [-0.2, -0.15) is 0 Å². The van der Waals surface area contributed by atoms with Gasteiger partial charge < -0.3 is 9.84 Å². The SMILES string of the molecule is Cc1cc(CCNC(=O)C2CCN(S(C)(=O)=O)CC2)on1. The van der Waals surface area contributed by atoms with E-state index in [9.17, 15) is 13.2 Å². The Morgan fingerprint density at radius 2 is 2.14 bits per heavy atom. The molecule has 0 radical (unpaired) electrons. The Hall–Kier alpha value is -1.41. The van der Waals surface area contributed by atoms with Gasteiger partial charge in [0.25, 0.3) is 0 Å². The lowest BCUT2D eigenvalue weighted by atomic mass is 9.97. The molecule has 1 fully saturated rings. The lowest BCUT2D eigenvalue weighted by Crippen LogP contribution is -2.42. The monoisotopic (exact) mass is 315 g/mol. The van der Waals surface area contributed by atoms with E-state index in [0.717, 1.165) is 11.5 Å². The molecule has 21 heavy (non-hydrogen) atoms. The van der Waals surface area contributed by atoms with Crippen molar-refractivity contribution in [2.45, 2.75) is 26.2 Å². The first kappa shape index (κ1) is 16.0. The number of carbonyl (C=O) groups is 1. The molecule has 1 aliphatic heterocycles. The fourth-order valence-corrected chi connectivity index (χ4v) is 3.31. The molecule has 1 aliphatic rings. The third-order valence-electron chi connectivity index (χ3n) is 3.64. The van der Waals surface area contributed by atoms with Crippen LogP contribution in [0.25, 0.3) is 0 Å². The van der Waals surface area contributed by atoms with Crippen LogP contribution in [0, 0.1) is 12.8 Å². The number of hydrogen-bond donors (Lipinski definition) is 1. The summed E-state index contributed by atoms with van der Waals surface area (Å²) in [5.74, 6) is 0.624. The normalized spacial score (nSPS) is 17.8. The first-order chi connectivity index (χ1) is 9.86. The van der Waals surface area contributed by atoms with Crippen molar-refractivity contribution in [2.75, 3.05) is 25.9 Å². The van der Waals surface area contributed by atoms with Gasteiger partial charge in [0.1, 0.15) is 5.76 Å². The number of carbonyl (C=O) groups excluding carboxylic acids is 1. The minimum Gasteiger partial charge on any atom is -0.361 e. The smallest absolute Gasteiger partial charge is 0.223 e. The highest BCUT2D eigenvalue weighted by atomic mass is 32.2. The third kappa shape index (κ3) is 4.53. The summed E-state index contributed by atoms with van der Waals surface area (Å²) in [6.07, 6.45) is 2.95. The predicted molar refractivity (Wildman–Crippen MR) is 77.1 cm³/mol. The zero-order valence-corrected chi connectivity index (χ0v) is 13.1. The Kier molecular flexibility index (Phi) is 5.00. The number of nitrogens with zero attached hydrogens (tertiary/aromatic N) is 2. The minimum atomic E-state index is -3.14. The summed E-state index contributed by atoms with van der Waals surface area (Å²) in [6, 6.07) is 1.84. The van der Waals surface area contributed by atoms with E-state index in [1.807, 2.05) is 13.0 Å². The van der Waals surface area contributed by atoms with E-state index >= 15 is 0 Å². The molecule has 1 aromatic rings. The first-order valence-corrected chi connectivity index (χ1v) is 8.86. The van der Waals surface area contributed by atoms with Gasteiger partial charge >= 0.3 is 0 Å². The van der Waals surface area contributed by atoms with Crippen molar-refractivity contribution in [1.82, 2.24) is 14.8 Å². The largest absolute Gasteiger partial charge is 0.361 e. The van der Waals surface area contributed by atoms with Gasteiger partial charge in [0.2, 0.25) is 15.9 Å². The van der Waals surface area contributed by atoms with E-state index in [2.05, 4.69) is 10.5 Å². The zero-order chi connectivity index (χ0) is 15.5. The van der Waals surface area contributed by atoms with Crippen LogP contribution in [-0.4, -0.2) is 49.7 Å². The Labute approximate surface area is 124 Å². The molecule has 1 amide bonds. The van der Waals surface area contributed by atoms with Crippen molar-refractivity contribution in [3.63, 3.8) is 0 Å². The van der Waals surface area contributed by atoms with E-state index in [1.54, 1.807) is 0 Å². The Balaban J connectivity index is 1.72. The first-order valence-electron chi connectivity index (χ1n) is 7.01. The summed E-state index contributed by atoms with van der Waals surface area (Å²) in [6.45, 7) is 3.18. The molecular formula is C13H21N3O4S. The molecule has 2 heterocycles. The molecule has 2 rings (SSSR count). The number of aromatic nitrogens is 1. The third-order valence-corrected chi connectivity index (χ3v) is 4.94. The number of aryl methyl sites for hydroxylation is 1. The molecular weight excluding hydrogens is 294 g/mol. The van der Waals surface area contributed by atoms with Crippen LogP contribution in [0.15, 0.2) is 10.6 Å². The molecule has 0 saturated carbocycles. The number of rotatable bonds is 5. The Morgan fingerprint density at radius 1 is 1.48 bits per heavy atom. The minimum absolute atomic E-state index is 0.0145. The van der Waals surface area contributed by atoms with E-state index in [1.165, 1.54) is 10.6 Å². The standard InChI is InChI=1S/C13H21N3O4S/c1-10-9-12(20-15-10)3-6-14-13(17)11-4-7-16(8-5-11)21(2,18)19/h9,11H,3-8H2,1-2H3,(H,14,17). The van der Waals surface area contributed by atoms with Crippen molar-refractivity contribution in [2.24, 2.45) is 5.92 Å². The molecule has 0 bridgehead atoms. The van der Waals surface area contributed by atoms with Crippen molar-refractivity contribution < 1.29 is 17.7 Å². The lowest BCUT2D eigenvalue weighted by molar-refractivity contribution is -0.126. The van der Waals surface area contributed by atoms with Crippen molar-refractivity contribution >= 4 is 15.9 Å². The molecule has 0 aromatic carbocycles. The van der Waals surface area contributed by atoms with E-state index in [4.69, 9.17) is 4.52 Å². The van der Waals surface area contributed by atoms with E-state index in [-0.39, 0.29) is 11.8 Å². The summed E-state index contributed by atoms with van der Waals surface area (Å²) >= 11 is 0. The van der Waals surface area contributed by atoms with Gasteiger partial charge in [-0.3, -0.25) is 4.79 Å². The number of piperidine rings is 1. The number of amides is 1. The van der Waals surface area contributed by atoms with Gasteiger partial charge in [-0.25, -0.2) is 12.7 Å². The number of hydrogen-bond acceptors (Lipinski definition) is 5. The second-order valence-corrected chi connectivity index (χ2v) is 7.39. The van der Waals surface area contributed by atoms with Crippen molar-refractivity contribution in [3.05, 3.63) is 17.5 Å². The topological polar surface area (TPSA) is 92.5 Å². The fourth-order valence-electron chi connectivity index (χ4n) is 2.44. The molecule has 0 atom stereocenters. The van der Waals surface area contributed by atoms with Gasteiger partial charge in [-0.05, 0) is 19.8 Å². The molecule has 0 spiro atoms. The summed E-state index contributed by atoms with van der Waals surface area (Å²) in [5.41, 5.74) is 0.824. The second kappa shape index (κ2) is 6.57. The zero-order valence-electron chi connectivity index (χ0n) is 12.3. The Morgan fingerprint density at radius 3 is 2.67 bits per heavy atom. The fraction of sp³-hybridized carbons (Fsp3) is 0.692. The summed E-state index contributed by atoms with van der Waals surface area (Å²) in [4.78, 5) is 12.0. The van der Waals surface area contributed by atoms with Crippen molar-refractivity contribution in [3.8, 4) is 0 Å². The van der Waals surface area contributed by atoms with Crippen LogP contribution in [0.1, 0.15) is 24.3 Å². The van der Waals surface area contributed by atoms with Crippen LogP contribution >= 0.6 is 0 Å². The van der Waals surface area contributed by atoms with Crippen molar-refractivity contribution in [1.29, 1.82) is 0 Å². The van der Waals surface area contributed by atoms with Crippen LogP contribution in [0.4, 0.5) is 0 Å². The van der Waals surface area contributed by atoms with E-state index < -0.39 is 10.0 Å². The van der Waals surface area contributed by atoms with Crippen LogP contribution in [0.2, 0.25) is 0 Å². The average Bonchev–Trinajstić information content (AvgIpc) is 2.83. The average molecular weight is 315 g/mol. The maximum atomic E-state index is 12.0. The molecule has 118 valence electrons. The summed E-state index contributed by atoms with van der Waals surface area (Å²) < 4.78 is 29.3. The quantitative estimate of drug-likeness (QED) is 0.844. The molecule has 1 aromatic heterocycles. The van der Waals surface area contributed by atoms with Gasteiger partial charge in [-0.15, -0.1) is 0 Å². The van der Waals surface area contributed by atoms with Crippen LogP contribution in [0.5, 0.6) is 0 Å². The second-order valence-electron chi connectivity index (χ2n) is 5.41. The summed E-state index contributed by atoms with van der Waals surface area (Å²) in [7, 11) is -3.14. The van der Waals surface area contributed by atoms with Crippen LogP contribution in [-0.2, 0) is 21.2 Å². The predicted octanol–water partition coefficient (Wildman–Crippen LogP) is 0.313. The number of nitrogens with one attached hydrogen (secondary N) is 1. The van der Waals surface area contributed by atoms with Crippen LogP contribution in [0.3, 0.4) is 0 Å². The highest BCUT2D eigenvalue weighted by molar-refractivity contribution is 7.88. The summed E-state index contributed by atoms with van der Waals surface area (Å²) in [5, 5.41) is 6.65. The lowest BCUT2D eigenvalue weighted by Gasteiger charge is -2.29. The molecule has 7 nitrogen and oxygen atoms in total. The molecule has 0 unspecified atom stereocenters. The van der Waals surface area contributed by atoms with E-state index in [0.29, 0.717) is 38.9 Å². The Bertz CT molecular complexity index is 588. The maximum absolute atomic E-state index is 12.0. The van der Waals surface area contributed by atoms with Gasteiger partial charge in [0.15, 0.2) is 0 Å². The highest BCUT2D eigenvalue weighted by Crippen LogP contribution is 2.19. The maximum Gasteiger partial charge on any atom is 0.223 e. The molecule has 1 saturated heterocycles. The van der Waals surface area contributed by atoms with Gasteiger partial charge in [-0.1, -0.05) is 5.16 Å². The van der Waals surface area contributed by atoms with Gasteiger partial charge in [0, 0.05) is 38.0 Å². The number of sulfonamides is 1. The van der Waals surface area contributed by atoms with Gasteiger partial charge in [0.05, 0.1) is 11.9 Å². The molecule has 1 N–H and O–H groups in total. The molecule has 0 aliphatic carbocycles.